The maximum absolute atomic E-state index is 11.8. The molecule has 0 spiro atoms. The molecule has 6 N–H and O–H groups in total. The van der Waals surface area contributed by atoms with Crippen LogP contribution >= 0.6 is 0 Å². The number of benzene rings is 1. The molecule has 5 atom stereocenters. The normalized spacial score (nSPS) is 18.9. The van der Waals surface area contributed by atoms with Gasteiger partial charge >= 0.3 is 0 Å². The molecule has 1 rings (SSSR count). The van der Waals surface area contributed by atoms with Crippen molar-refractivity contribution in [1.82, 2.24) is 0 Å². The molecule has 0 heterocycles. The molecule has 0 saturated carbocycles. The Labute approximate surface area is 115 Å². The minimum Gasteiger partial charge on any atom is -0.394 e. The van der Waals surface area contributed by atoms with Crippen molar-refractivity contribution >= 4 is 5.78 Å². The third-order valence-electron chi connectivity index (χ3n) is 2.93. The van der Waals surface area contributed by atoms with Crippen molar-refractivity contribution in [3.63, 3.8) is 0 Å². The Morgan fingerprint density at radius 1 is 0.900 bits per heavy atom. The van der Waals surface area contributed by atoms with E-state index < -0.39 is 42.9 Å². The molecule has 0 aliphatic heterocycles. The first-order valence-electron chi connectivity index (χ1n) is 6.00. The Morgan fingerprint density at radius 2 is 1.45 bits per heavy atom. The highest BCUT2D eigenvalue weighted by Crippen LogP contribution is 2.12. The van der Waals surface area contributed by atoms with E-state index in [4.69, 9.17) is 10.2 Å². The highest BCUT2D eigenvalue weighted by Gasteiger charge is 2.37. The van der Waals surface area contributed by atoms with E-state index in [0.717, 1.165) is 0 Å². The Balaban J connectivity index is 2.76. The first-order valence-corrected chi connectivity index (χ1v) is 6.00. The zero-order valence-electron chi connectivity index (χ0n) is 10.6. The fourth-order valence-electron chi connectivity index (χ4n) is 1.65. The van der Waals surface area contributed by atoms with Crippen LogP contribution in [-0.2, 0) is 0 Å². The van der Waals surface area contributed by atoms with Gasteiger partial charge in [0, 0.05) is 5.56 Å². The van der Waals surface area contributed by atoms with Crippen LogP contribution in [0.3, 0.4) is 0 Å². The summed E-state index contributed by atoms with van der Waals surface area (Å²) >= 11 is 0. The maximum Gasteiger partial charge on any atom is 0.194 e. The summed E-state index contributed by atoms with van der Waals surface area (Å²) < 4.78 is 0. The number of aliphatic hydroxyl groups excluding tert-OH is 6. The highest BCUT2D eigenvalue weighted by molar-refractivity contribution is 5.99. The van der Waals surface area contributed by atoms with Gasteiger partial charge in [0.05, 0.1) is 6.61 Å². The summed E-state index contributed by atoms with van der Waals surface area (Å²) in [5.41, 5.74) is 0.128. The highest BCUT2D eigenvalue weighted by atomic mass is 16.4. The van der Waals surface area contributed by atoms with Gasteiger partial charge < -0.3 is 30.6 Å². The van der Waals surface area contributed by atoms with Crippen LogP contribution in [0.5, 0.6) is 0 Å². The number of carbonyl (C=O) groups excluding carboxylic acids is 1. The molecule has 20 heavy (non-hydrogen) atoms. The van der Waals surface area contributed by atoms with E-state index in [1.54, 1.807) is 18.2 Å². The van der Waals surface area contributed by atoms with Gasteiger partial charge in [-0.3, -0.25) is 4.79 Å². The van der Waals surface area contributed by atoms with Gasteiger partial charge in [-0.05, 0) is 0 Å². The standard InChI is InChI=1S/C13H18O7/c14-6-8(15)10(17)12(19)13(20)11(18)9(16)7-4-2-1-3-5-7/h1-5,8,10-15,17-20H,6H2/t8-,10+,11?,12+,13-/m0/s1. The van der Waals surface area contributed by atoms with Crippen LogP contribution in [-0.4, -0.2) is 73.5 Å². The largest absolute Gasteiger partial charge is 0.394 e. The lowest BCUT2D eigenvalue weighted by Gasteiger charge is -2.27. The first-order chi connectivity index (χ1) is 9.40. The van der Waals surface area contributed by atoms with E-state index >= 15 is 0 Å². The van der Waals surface area contributed by atoms with E-state index in [2.05, 4.69) is 0 Å². The summed E-state index contributed by atoms with van der Waals surface area (Å²) in [5.74, 6) is -0.831. The van der Waals surface area contributed by atoms with E-state index in [-0.39, 0.29) is 5.56 Å². The number of hydrogen-bond donors (Lipinski definition) is 6. The van der Waals surface area contributed by atoms with Crippen molar-refractivity contribution < 1.29 is 35.4 Å². The topological polar surface area (TPSA) is 138 Å². The van der Waals surface area contributed by atoms with Crippen molar-refractivity contribution in [3.8, 4) is 0 Å². The molecular formula is C13H18O7. The molecule has 112 valence electrons. The molecule has 1 aromatic rings. The minimum atomic E-state index is -2.00. The molecule has 0 bridgehead atoms. The van der Waals surface area contributed by atoms with Crippen molar-refractivity contribution in [1.29, 1.82) is 0 Å². The molecule has 0 aromatic heterocycles. The van der Waals surface area contributed by atoms with E-state index in [0.29, 0.717) is 0 Å². The third-order valence-corrected chi connectivity index (χ3v) is 2.93. The van der Waals surface area contributed by atoms with Gasteiger partial charge in [-0.15, -0.1) is 0 Å². The molecule has 7 heteroatoms. The van der Waals surface area contributed by atoms with Crippen molar-refractivity contribution in [3.05, 3.63) is 35.9 Å². The second kappa shape index (κ2) is 7.44. The second-order valence-corrected chi connectivity index (χ2v) is 4.40. The molecule has 0 aliphatic carbocycles. The predicted octanol–water partition coefficient (Wildman–Crippen LogP) is -2.33. The smallest absolute Gasteiger partial charge is 0.194 e. The van der Waals surface area contributed by atoms with Gasteiger partial charge in [0.25, 0.3) is 0 Å². The quantitative estimate of drug-likeness (QED) is 0.309. The summed E-state index contributed by atoms with van der Waals surface area (Å²) in [7, 11) is 0. The molecule has 0 aliphatic rings. The monoisotopic (exact) mass is 286 g/mol. The summed E-state index contributed by atoms with van der Waals surface area (Å²) in [6.45, 7) is -0.840. The fraction of sp³-hybridized carbons (Fsp3) is 0.462. The van der Waals surface area contributed by atoms with Gasteiger partial charge in [0.15, 0.2) is 5.78 Å². The molecule has 0 saturated heterocycles. The van der Waals surface area contributed by atoms with Crippen LogP contribution in [0.1, 0.15) is 10.4 Å². The fourth-order valence-corrected chi connectivity index (χ4v) is 1.65. The van der Waals surface area contributed by atoms with Crippen LogP contribution in [0.25, 0.3) is 0 Å². The number of hydrogen-bond acceptors (Lipinski definition) is 7. The molecule has 1 aromatic carbocycles. The zero-order chi connectivity index (χ0) is 15.3. The van der Waals surface area contributed by atoms with Crippen LogP contribution in [0.15, 0.2) is 30.3 Å². The summed E-state index contributed by atoms with van der Waals surface area (Å²) in [5, 5.41) is 56.1. The number of carbonyl (C=O) groups is 1. The van der Waals surface area contributed by atoms with Crippen molar-refractivity contribution in [2.45, 2.75) is 30.5 Å². The van der Waals surface area contributed by atoms with Crippen molar-refractivity contribution in [2.24, 2.45) is 0 Å². The Kier molecular flexibility index (Phi) is 6.21. The SMILES string of the molecule is O=C(c1ccccc1)C(O)[C@H](O)[C@H](O)[C@H](O)[C@@H](O)CO. The van der Waals surface area contributed by atoms with Crippen LogP contribution < -0.4 is 0 Å². The molecule has 0 fully saturated rings. The molecule has 7 nitrogen and oxygen atoms in total. The van der Waals surface area contributed by atoms with Gasteiger partial charge in [0.1, 0.15) is 30.5 Å². The average molecular weight is 286 g/mol. The van der Waals surface area contributed by atoms with E-state index in [9.17, 15) is 25.2 Å². The first kappa shape index (κ1) is 16.7. The Bertz CT molecular complexity index is 422. The number of Topliss-reactive ketones (excluding diaryl/α,β-unsaturated/α-hetero) is 1. The van der Waals surface area contributed by atoms with Gasteiger partial charge in [0.2, 0.25) is 0 Å². The molecule has 0 radical (unpaired) electrons. The lowest BCUT2D eigenvalue weighted by atomic mass is 9.94. The maximum atomic E-state index is 11.8. The van der Waals surface area contributed by atoms with Gasteiger partial charge in [-0.1, -0.05) is 30.3 Å². The van der Waals surface area contributed by atoms with E-state index in [1.807, 2.05) is 0 Å². The summed E-state index contributed by atoms with van der Waals surface area (Å²) in [6, 6.07) is 7.63. The lowest BCUT2D eigenvalue weighted by Crippen LogP contribution is -2.51. The molecule has 1 unspecified atom stereocenters. The van der Waals surface area contributed by atoms with Crippen molar-refractivity contribution in [2.75, 3.05) is 6.61 Å². The van der Waals surface area contributed by atoms with Crippen LogP contribution in [0.2, 0.25) is 0 Å². The third kappa shape index (κ3) is 3.83. The minimum absolute atomic E-state index is 0.128. The molecular weight excluding hydrogens is 268 g/mol. The Hall–Kier alpha value is -1.35. The van der Waals surface area contributed by atoms with Crippen LogP contribution in [0.4, 0.5) is 0 Å². The predicted molar refractivity (Wildman–Crippen MR) is 67.9 cm³/mol. The second-order valence-electron chi connectivity index (χ2n) is 4.40. The average Bonchev–Trinajstić information content (AvgIpc) is 2.51. The number of rotatable bonds is 7. The lowest BCUT2D eigenvalue weighted by molar-refractivity contribution is -0.133. The van der Waals surface area contributed by atoms with Gasteiger partial charge in [-0.2, -0.15) is 0 Å². The zero-order valence-corrected chi connectivity index (χ0v) is 10.6. The number of aliphatic hydroxyl groups is 6. The molecule has 0 amide bonds. The Morgan fingerprint density at radius 3 is 1.95 bits per heavy atom. The van der Waals surface area contributed by atoms with Gasteiger partial charge in [-0.25, -0.2) is 0 Å². The summed E-state index contributed by atoms with van der Waals surface area (Å²) in [6.07, 6.45) is -9.54. The van der Waals surface area contributed by atoms with Crippen LogP contribution in [0, 0.1) is 0 Å². The summed E-state index contributed by atoms with van der Waals surface area (Å²) in [4.78, 5) is 11.8. The number of ketones is 1. The van der Waals surface area contributed by atoms with E-state index in [1.165, 1.54) is 12.1 Å².